The summed E-state index contributed by atoms with van der Waals surface area (Å²) in [6, 6.07) is 82.4. The van der Waals surface area contributed by atoms with Crippen LogP contribution in [0.1, 0.15) is 105 Å². The lowest BCUT2D eigenvalue weighted by Crippen LogP contribution is -2.12. The van der Waals surface area contributed by atoms with Crippen LogP contribution in [0.4, 0.5) is 68.2 Å². The first-order valence-corrected chi connectivity index (χ1v) is 59.7. The Hall–Kier alpha value is -10.1. The molecular weight excluding hydrogens is 2280 g/mol. The number of anilines is 12. The molecule has 0 fully saturated rings. The minimum Gasteiger partial charge on any atom is -0.456 e. The van der Waals surface area contributed by atoms with E-state index in [4.69, 9.17) is 9.15 Å². The number of thiophene rings is 1. The largest absolute Gasteiger partial charge is 0.456 e. The van der Waals surface area contributed by atoms with Crippen LogP contribution in [0, 0.1) is 96.9 Å². The molecule has 3 aliphatic rings. The molecule has 0 saturated carbocycles. The number of aromatic nitrogens is 2. The van der Waals surface area contributed by atoms with E-state index in [2.05, 4.69) is 523 Å². The third-order valence-electron chi connectivity index (χ3n) is 24.5. The molecule has 0 radical (unpaired) electrons. The molecule has 0 saturated heterocycles. The highest BCUT2D eigenvalue weighted by Crippen LogP contribution is 2.48. The van der Waals surface area contributed by atoms with Gasteiger partial charge in [0.05, 0.1) is 23.1 Å². The third-order valence-corrected chi connectivity index (χ3v) is 26.2. The first-order chi connectivity index (χ1) is 68.9. The van der Waals surface area contributed by atoms with Crippen molar-refractivity contribution >= 4 is 262 Å². The van der Waals surface area contributed by atoms with E-state index in [1.165, 1.54) is 183 Å². The zero-order chi connectivity index (χ0) is 107. The highest BCUT2D eigenvalue weighted by molar-refractivity contribution is 9.09. The number of carbonyl (C=O) groups excluding carboxylic acids is 1. The summed E-state index contributed by atoms with van der Waals surface area (Å²) in [6.45, 7) is 29.6. The number of hydrogen-bond donors (Lipinski definition) is 1. The topological polar surface area (TPSA) is 103 Å². The number of benzene rings is 14. The van der Waals surface area contributed by atoms with Crippen LogP contribution in [-0.2, 0) is 6.42 Å². The van der Waals surface area contributed by atoms with E-state index in [0.29, 0.717) is 0 Å². The van der Waals surface area contributed by atoms with E-state index in [0.717, 1.165) is 90.6 Å². The molecule has 0 spiro atoms. The molecule has 1 aliphatic heterocycles. The zero-order valence-corrected chi connectivity index (χ0v) is 104. The number of fused-ring (bicyclic) bond motifs is 15. The van der Waals surface area contributed by atoms with Gasteiger partial charge in [-0.25, -0.2) is 0 Å². The molecular formula is C121H146Br7N11O3S2. The predicted octanol–water partition coefficient (Wildman–Crippen LogP) is 36.0. The Kier molecular flexibility index (Phi) is 48.1. The van der Waals surface area contributed by atoms with Crippen molar-refractivity contribution in [1.82, 2.24) is 8.75 Å². The van der Waals surface area contributed by atoms with Gasteiger partial charge in [0.1, 0.15) is 22.2 Å². The van der Waals surface area contributed by atoms with Gasteiger partial charge in [0.25, 0.3) is 0 Å². The van der Waals surface area contributed by atoms with Gasteiger partial charge in [-0.1, -0.05) is 225 Å². The Labute approximate surface area is 927 Å². The number of carbonyl (C=O) groups is 1. The number of ketones is 1. The van der Waals surface area contributed by atoms with Crippen molar-refractivity contribution < 1.29 is 13.9 Å². The van der Waals surface area contributed by atoms with Gasteiger partial charge in [-0.3, -0.25) is 4.79 Å². The number of aryl methyl sites for hydroxylation is 14. The van der Waals surface area contributed by atoms with Crippen molar-refractivity contribution in [2.45, 2.75) is 103 Å². The van der Waals surface area contributed by atoms with E-state index in [9.17, 15) is 4.79 Å². The van der Waals surface area contributed by atoms with E-state index >= 15 is 0 Å². The minimum absolute atomic E-state index is 0.155. The smallest absolute Gasteiger partial charge is 0.194 e. The molecule has 3 aromatic heterocycles. The van der Waals surface area contributed by atoms with Gasteiger partial charge in [0.15, 0.2) is 17.3 Å². The number of rotatable bonds is 10. The van der Waals surface area contributed by atoms with Gasteiger partial charge in [-0.2, -0.15) is 8.75 Å². The average Bonchev–Trinajstić information content (AvgIpc) is 1.61. The van der Waals surface area contributed by atoms with Crippen LogP contribution >= 0.6 is 135 Å². The quantitative estimate of drug-likeness (QED) is 0.131. The maximum Gasteiger partial charge on any atom is 0.194 e. The summed E-state index contributed by atoms with van der Waals surface area (Å²) < 4.78 is 23.3. The van der Waals surface area contributed by atoms with E-state index in [1.807, 2.05) is 120 Å². The number of halogens is 7. The number of ether oxygens (including phenoxy) is 1. The molecule has 14 aromatic carbocycles. The Balaban J connectivity index is 0.000000224. The minimum atomic E-state index is 0.155. The van der Waals surface area contributed by atoms with Gasteiger partial charge < -0.3 is 53.7 Å². The fourth-order valence-electron chi connectivity index (χ4n) is 17.6. The van der Waals surface area contributed by atoms with E-state index in [-0.39, 0.29) is 5.78 Å². The van der Waals surface area contributed by atoms with Crippen molar-refractivity contribution in [2.75, 3.05) is 184 Å². The number of hydrogen-bond acceptors (Lipinski definition) is 16. The van der Waals surface area contributed by atoms with E-state index in [1.54, 1.807) is 0 Å². The summed E-state index contributed by atoms with van der Waals surface area (Å²) in [5.41, 5.74) is 45.3. The first kappa shape index (κ1) is 121. The molecule has 1 N–H and O–H groups in total. The summed E-state index contributed by atoms with van der Waals surface area (Å²) in [7, 11) is 28.9. The summed E-state index contributed by atoms with van der Waals surface area (Å²) in [4.78, 5) is 29.7. The Morgan fingerprint density at radius 3 is 1.22 bits per heavy atom. The molecule has 0 unspecified atom stereocenters. The average molecular weight is 2430 g/mol. The number of nitrogens with one attached hydrogen (secondary N) is 1. The van der Waals surface area contributed by atoms with E-state index < -0.39 is 0 Å². The standard InChI is InChI=1S/C22H24N2.C17H17NO.C17H19N.C16H18N2O.C16H17NO.C16H17NS.C10H13N3S.7CH3Br/c1-17-5-9-20(10-6-17)24(21-11-7-18(2)8-12-21)22-15-13-19(14-16-22)23(3)4;1-10-5-6-12-13-9-16(18(3)4)11(2)8-15(13)17(19)14(12)7-10;1-11-5-6-15-13(7-11)9-14-8-12(2)17(18(3)4)10-16(14)15;1-10-5-6-15-12(7-10)17-13-8-11(2)14(18(3)4)9-16(13)19-15;2*1-10-5-6-12-13-9-14(17(3)4)11(2)8-16(13)18-15(12)7-10;1-6-5-8(13(3)4)7(2)10-9(6)11-14-12-10;7*1-2/h5-16H,1-4H3;5-9H,1-4H3;5-8,10H,9H2,1-4H3;5-9,17H,1-4H3;2*5-9H,1-4H3;5H,1-4H3;7*1H3. The summed E-state index contributed by atoms with van der Waals surface area (Å²) >= 11 is 23.7. The molecule has 20 rings (SSSR count). The molecule has 4 heterocycles. The second-order valence-electron chi connectivity index (χ2n) is 36.6. The van der Waals surface area contributed by atoms with Crippen LogP contribution in [0.15, 0.2) is 235 Å². The monoisotopic (exact) mass is 2420 g/mol. The Morgan fingerprint density at radius 2 is 0.667 bits per heavy atom. The number of alkyl halides is 7. The molecule has 144 heavy (non-hydrogen) atoms. The van der Waals surface area contributed by atoms with Crippen molar-refractivity contribution in [1.29, 1.82) is 0 Å². The first-order valence-electron chi connectivity index (χ1n) is 47.1. The summed E-state index contributed by atoms with van der Waals surface area (Å²) in [5, 5.41) is 8.59. The maximum atomic E-state index is 12.5. The predicted molar refractivity (Wildman–Crippen MR) is 668 cm³/mol. The highest BCUT2D eigenvalue weighted by Gasteiger charge is 2.29. The lowest BCUT2D eigenvalue weighted by molar-refractivity contribution is 0.104. The molecule has 2 aliphatic carbocycles. The maximum absolute atomic E-state index is 12.5. The van der Waals surface area contributed by atoms with Crippen molar-refractivity contribution in [3.63, 3.8) is 0 Å². The lowest BCUT2D eigenvalue weighted by Gasteiger charge is -2.26. The molecule has 23 heteroatoms. The zero-order valence-electron chi connectivity index (χ0n) is 90.8. The molecule has 14 nitrogen and oxygen atoms in total. The Morgan fingerprint density at radius 1 is 0.278 bits per heavy atom. The second kappa shape index (κ2) is 57.3. The van der Waals surface area contributed by atoms with Crippen LogP contribution < -0.4 is 49.3 Å². The fraction of sp³-hybridized carbons (Fsp3) is 0.298. The number of furan rings is 1. The van der Waals surface area contributed by atoms with Gasteiger partial charge in [-0.05, 0) is 361 Å². The molecule has 0 atom stereocenters. The highest BCUT2D eigenvalue weighted by atomic mass is 79.9. The van der Waals surface area contributed by atoms with Gasteiger partial charge in [-0.15, -0.1) is 11.3 Å². The lowest BCUT2D eigenvalue weighted by atomic mass is 10.0. The van der Waals surface area contributed by atoms with Crippen LogP contribution in [0.2, 0.25) is 0 Å². The SMILES string of the molecule is CBr.CBr.CBr.CBr.CBr.CBr.CBr.Cc1cc(N(C)C)c(C)c2nsnc12.Cc1ccc(N(c2ccc(C)cc2)c2ccc(N(C)C)cc2)cc1.Cc1ccc2c(c1)C(=O)c1cc(C)c(N(C)C)cc1-2.Cc1ccc2c(c1)Cc1cc(C)c(N(C)C)cc1-2.Cc1ccc2c(c1)Nc1cc(C)c(N(C)C)cc1O2.Cc1ccc2c(c1)oc1cc(C)c(N(C)C)cc12.Cc1ccc2c(c1)sc1cc(C)c(N(C)C)cc12. The number of nitrogens with zero attached hydrogens (tertiary/aromatic N) is 10. The van der Waals surface area contributed by atoms with Crippen molar-refractivity contribution in [3.8, 4) is 33.8 Å². The van der Waals surface area contributed by atoms with Crippen LogP contribution in [0.5, 0.6) is 11.5 Å². The molecule has 17 aromatic rings. The molecule has 0 amide bonds. The van der Waals surface area contributed by atoms with Crippen LogP contribution in [0.3, 0.4) is 0 Å². The van der Waals surface area contributed by atoms with Gasteiger partial charge >= 0.3 is 0 Å². The fourth-order valence-corrected chi connectivity index (χ4v) is 19.6. The van der Waals surface area contributed by atoms with Gasteiger partial charge in [0, 0.05) is 209 Å². The third kappa shape index (κ3) is 29.9. The van der Waals surface area contributed by atoms with Crippen molar-refractivity contribution in [3.05, 3.63) is 331 Å². The normalized spacial score (nSPS) is 10.7. The van der Waals surface area contributed by atoms with Crippen LogP contribution in [0.25, 0.3) is 75.4 Å². The molecule has 764 valence electrons. The summed E-state index contributed by atoms with van der Waals surface area (Å²) in [5.74, 6) is 14.6. The molecule has 0 bridgehead atoms. The summed E-state index contributed by atoms with van der Waals surface area (Å²) in [6.07, 6.45) is 1.08. The van der Waals surface area contributed by atoms with Crippen molar-refractivity contribution in [2.24, 2.45) is 0 Å². The Bertz CT molecular complexity index is 6940. The second-order valence-corrected chi connectivity index (χ2v) is 38.2. The van der Waals surface area contributed by atoms with Gasteiger partial charge in [0.2, 0.25) is 0 Å². The van der Waals surface area contributed by atoms with Crippen LogP contribution in [-0.4, -0.2) is 154 Å².